The molecule has 0 aromatic carbocycles. The molecule has 0 bridgehead atoms. The Balaban J connectivity index is 3.53. The van der Waals surface area contributed by atoms with Gasteiger partial charge in [-0.1, -0.05) is 6.42 Å². The fourth-order valence-electron chi connectivity index (χ4n) is 2.08. The summed E-state index contributed by atoms with van der Waals surface area (Å²) in [6.45, 7) is 2.89. The number of amides is 1. The molecule has 0 saturated carbocycles. The standard InChI is InChI=1S/C16H35NO12P2/c1-15(19)17-6-4-3-5-16(13-18)14-27-30(20)26-11-9-24-7-8-25-10-12-28-31(21,22)29-23-2/h16,18,20H,3-14H2,1-2H3,(H,17,19)(H,21,22). The number of nitrogens with one attached hydrogen (secondary N) is 1. The number of aliphatic hydroxyl groups excluding tert-OH is 1. The van der Waals surface area contributed by atoms with Crippen molar-refractivity contribution < 1.29 is 56.9 Å². The Kier molecular flexibility index (Phi) is 20.2. The Hall–Kier alpha value is -0.270. The molecule has 0 saturated heterocycles. The second-order valence-corrected chi connectivity index (χ2v) is 8.50. The molecule has 0 aromatic rings. The monoisotopic (exact) mass is 495 g/mol. The molecule has 15 heteroatoms. The maximum absolute atomic E-state index is 11.1. The van der Waals surface area contributed by atoms with Gasteiger partial charge in [0.1, 0.15) is 0 Å². The molecular formula is C16H35NO12P2. The topological polar surface area (TPSA) is 171 Å². The lowest BCUT2D eigenvalue weighted by Gasteiger charge is -2.16. The first-order chi connectivity index (χ1) is 14.8. The van der Waals surface area contributed by atoms with Crippen LogP contribution in [0.5, 0.6) is 0 Å². The molecule has 0 aliphatic rings. The normalized spacial score (nSPS) is 15.4. The van der Waals surface area contributed by atoms with Crippen LogP contribution in [0.4, 0.5) is 0 Å². The van der Waals surface area contributed by atoms with Gasteiger partial charge < -0.3 is 38.7 Å². The quantitative estimate of drug-likeness (QED) is 0.0724. The lowest BCUT2D eigenvalue weighted by atomic mass is 10.0. The lowest BCUT2D eigenvalue weighted by Crippen LogP contribution is -2.21. The molecule has 0 heterocycles. The van der Waals surface area contributed by atoms with Crippen LogP contribution in [0, 0.1) is 5.92 Å². The van der Waals surface area contributed by atoms with E-state index < -0.39 is 16.4 Å². The molecule has 4 N–H and O–H groups in total. The second kappa shape index (κ2) is 20.3. The minimum absolute atomic E-state index is 0.0620. The van der Waals surface area contributed by atoms with Gasteiger partial charge in [0.05, 0.1) is 53.4 Å². The first-order valence-corrected chi connectivity index (χ1v) is 12.4. The van der Waals surface area contributed by atoms with E-state index in [4.69, 9.17) is 23.4 Å². The molecule has 0 aliphatic carbocycles. The van der Waals surface area contributed by atoms with Crippen molar-refractivity contribution in [2.24, 2.45) is 5.92 Å². The molecule has 0 aliphatic heterocycles. The molecule has 3 atom stereocenters. The fraction of sp³-hybridized carbons (Fsp3) is 0.938. The highest BCUT2D eigenvalue weighted by molar-refractivity contribution is 7.47. The summed E-state index contributed by atoms with van der Waals surface area (Å²) in [6, 6.07) is 0. The highest BCUT2D eigenvalue weighted by Crippen LogP contribution is 2.42. The van der Waals surface area contributed by atoms with Gasteiger partial charge in [-0.05, 0) is 12.8 Å². The van der Waals surface area contributed by atoms with Gasteiger partial charge in [0.25, 0.3) is 0 Å². The SMILES string of the molecule is COOP(=O)(O)OCCOCCOCCOP(O)OCC(CO)CCCCNC(C)=O. The van der Waals surface area contributed by atoms with Gasteiger partial charge in [0, 0.05) is 26.0 Å². The van der Waals surface area contributed by atoms with Crippen molar-refractivity contribution in [2.75, 3.05) is 66.5 Å². The first-order valence-electron chi connectivity index (χ1n) is 9.76. The summed E-state index contributed by atoms with van der Waals surface area (Å²) < 4.78 is 40.4. The van der Waals surface area contributed by atoms with Crippen molar-refractivity contribution in [2.45, 2.75) is 26.2 Å². The number of unbranched alkanes of at least 4 members (excludes halogenated alkanes) is 1. The van der Waals surface area contributed by atoms with E-state index in [1.807, 2.05) is 0 Å². The average molecular weight is 495 g/mol. The van der Waals surface area contributed by atoms with Gasteiger partial charge in [0.2, 0.25) is 5.91 Å². The maximum atomic E-state index is 11.1. The van der Waals surface area contributed by atoms with E-state index in [1.54, 1.807) is 0 Å². The summed E-state index contributed by atoms with van der Waals surface area (Å²) in [6.07, 6.45) is 2.34. The summed E-state index contributed by atoms with van der Waals surface area (Å²) in [5, 5.41) is 12.1. The van der Waals surface area contributed by atoms with Gasteiger partial charge in [-0.3, -0.25) is 9.32 Å². The molecule has 0 spiro atoms. The van der Waals surface area contributed by atoms with Gasteiger partial charge in [0.15, 0.2) is 0 Å². The van der Waals surface area contributed by atoms with Crippen LogP contribution < -0.4 is 5.32 Å². The predicted octanol–water partition coefficient (Wildman–Crippen LogP) is 0.882. The summed E-state index contributed by atoms with van der Waals surface area (Å²) in [4.78, 5) is 33.6. The Bertz CT molecular complexity index is 488. The molecule has 186 valence electrons. The molecule has 31 heavy (non-hydrogen) atoms. The van der Waals surface area contributed by atoms with Gasteiger partial charge in [-0.25, -0.2) is 9.45 Å². The second-order valence-electron chi connectivity index (χ2n) is 6.16. The fourth-order valence-corrected chi connectivity index (χ4v) is 3.26. The first kappa shape index (κ1) is 30.7. The number of ether oxygens (including phenoxy) is 2. The van der Waals surface area contributed by atoms with E-state index in [9.17, 15) is 19.4 Å². The Morgan fingerprint density at radius 3 is 2.32 bits per heavy atom. The number of phosphoric ester groups is 1. The van der Waals surface area contributed by atoms with E-state index in [-0.39, 0.29) is 64.7 Å². The van der Waals surface area contributed by atoms with Crippen molar-refractivity contribution in [3.63, 3.8) is 0 Å². The largest absolute Gasteiger partial charge is 0.499 e. The van der Waals surface area contributed by atoms with Gasteiger partial charge >= 0.3 is 16.4 Å². The molecule has 0 aromatic heterocycles. The zero-order chi connectivity index (χ0) is 23.4. The van der Waals surface area contributed by atoms with Crippen LogP contribution in [0.2, 0.25) is 0 Å². The van der Waals surface area contributed by atoms with E-state index in [1.165, 1.54) is 6.92 Å². The average Bonchev–Trinajstić information content (AvgIpc) is 2.71. The minimum atomic E-state index is -4.21. The highest BCUT2D eigenvalue weighted by atomic mass is 31.2. The zero-order valence-electron chi connectivity index (χ0n) is 18.0. The van der Waals surface area contributed by atoms with Crippen molar-refractivity contribution in [1.82, 2.24) is 5.32 Å². The molecule has 13 nitrogen and oxygen atoms in total. The van der Waals surface area contributed by atoms with Crippen molar-refractivity contribution in [3.05, 3.63) is 0 Å². The summed E-state index contributed by atoms with van der Waals surface area (Å²) in [7, 11) is -5.19. The van der Waals surface area contributed by atoms with E-state index in [0.29, 0.717) is 13.0 Å². The van der Waals surface area contributed by atoms with Gasteiger partial charge in [-0.2, -0.15) is 0 Å². The van der Waals surface area contributed by atoms with Crippen molar-refractivity contribution >= 4 is 22.3 Å². The third-order valence-corrected chi connectivity index (χ3v) is 5.16. The smallest absolute Gasteiger partial charge is 0.396 e. The molecule has 0 radical (unpaired) electrons. The van der Waals surface area contributed by atoms with Crippen LogP contribution in [-0.2, 0) is 42.0 Å². The van der Waals surface area contributed by atoms with Crippen LogP contribution in [-0.4, -0.2) is 87.3 Å². The maximum Gasteiger partial charge on any atom is 0.499 e. The predicted molar refractivity (Wildman–Crippen MR) is 110 cm³/mol. The molecule has 1 amide bonds. The summed E-state index contributed by atoms with van der Waals surface area (Å²) >= 11 is 0. The summed E-state index contributed by atoms with van der Waals surface area (Å²) in [5.41, 5.74) is 0. The van der Waals surface area contributed by atoms with Crippen LogP contribution >= 0.6 is 16.4 Å². The van der Waals surface area contributed by atoms with Crippen LogP contribution in [0.25, 0.3) is 0 Å². The summed E-state index contributed by atoms with van der Waals surface area (Å²) in [5.74, 6) is -0.183. The minimum Gasteiger partial charge on any atom is -0.396 e. The lowest BCUT2D eigenvalue weighted by molar-refractivity contribution is -0.198. The number of carbonyl (C=O) groups is 1. The highest BCUT2D eigenvalue weighted by Gasteiger charge is 2.21. The number of aliphatic hydroxyl groups is 1. The third-order valence-electron chi connectivity index (χ3n) is 3.54. The number of hydrogen-bond acceptors (Lipinski definition) is 11. The molecular weight excluding hydrogens is 460 g/mol. The molecule has 0 fully saturated rings. The van der Waals surface area contributed by atoms with Gasteiger partial charge in [-0.15, -0.1) is 4.67 Å². The van der Waals surface area contributed by atoms with Crippen LogP contribution in [0.3, 0.4) is 0 Å². The molecule has 0 rings (SSSR count). The van der Waals surface area contributed by atoms with E-state index in [0.717, 1.165) is 20.0 Å². The Morgan fingerprint density at radius 1 is 1.06 bits per heavy atom. The number of carbonyl (C=O) groups excluding carboxylic acids is 1. The van der Waals surface area contributed by atoms with Crippen molar-refractivity contribution in [1.29, 1.82) is 0 Å². The van der Waals surface area contributed by atoms with Crippen LogP contribution in [0.15, 0.2) is 0 Å². The van der Waals surface area contributed by atoms with Crippen LogP contribution in [0.1, 0.15) is 26.2 Å². The number of hydrogen-bond donors (Lipinski definition) is 4. The number of rotatable bonds is 22. The Morgan fingerprint density at radius 2 is 1.71 bits per heavy atom. The number of phosphoric acid groups is 1. The molecule has 3 unspecified atom stereocenters. The third kappa shape index (κ3) is 21.3. The Labute approximate surface area is 183 Å². The van der Waals surface area contributed by atoms with E-state index in [2.05, 4.69) is 19.4 Å². The zero-order valence-corrected chi connectivity index (χ0v) is 19.8. The van der Waals surface area contributed by atoms with E-state index >= 15 is 0 Å². The van der Waals surface area contributed by atoms with Crippen molar-refractivity contribution in [3.8, 4) is 0 Å².